The van der Waals surface area contributed by atoms with Gasteiger partial charge in [0.15, 0.2) is 0 Å². The highest BCUT2D eigenvalue weighted by atomic mass is 32.2. The molecule has 1 aromatic heterocycles. The molecule has 0 radical (unpaired) electrons. The lowest BCUT2D eigenvalue weighted by atomic mass is 10.3. The van der Waals surface area contributed by atoms with Crippen LogP contribution >= 0.6 is 24.0 Å². The van der Waals surface area contributed by atoms with Gasteiger partial charge < -0.3 is 4.74 Å². The normalized spacial score (nSPS) is 9.80. The van der Waals surface area contributed by atoms with E-state index in [1.54, 1.807) is 11.3 Å². The molecule has 0 fully saturated rings. The Morgan fingerprint density at radius 3 is 2.47 bits per heavy atom. The van der Waals surface area contributed by atoms with E-state index < -0.39 is 0 Å². The molecule has 4 heteroatoms. The predicted octanol–water partition coefficient (Wildman–Crippen LogP) is 3.63. The summed E-state index contributed by atoms with van der Waals surface area (Å²) in [7, 11) is 0. The summed E-state index contributed by atoms with van der Waals surface area (Å²) in [5.74, 6) is 0. The van der Waals surface area contributed by atoms with E-state index in [4.69, 9.17) is 4.74 Å². The van der Waals surface area contributed by atoms with Gasteiger partial charge in [0.05, 0.1) is 10.2 Å². The predicted molar refractivity (Wildman–Crippen MR) is 69.0 cm³/mol. The van der Waals surface area contributed by atoms with Crippen LogP contribution in [0, 0.1) is 0 Å². The Kier molecular flexibility index (Phi) is 5.68. The molecule has 0 amide bonds. The van der Waals surface area contributed by atoms with E-state index in [-0.39, 0.29) is 0 Å². The fraction of sp³-hybridized carbons (Fsp3) is 0.364. The number of thiol groups is 1. The van der Waals surface area contributed by atoms with Gasteiger partial charge in [-0.15, -0.1) is 24.0 Å². The minimum atomic E-state index is 0.834. The molecule has 0 N–H and O–H groups in total. The number of aromatic nitrogens is 1. The zero-order valence-corrected chi connectivity index (χ0v) is 10.6. The molecular weight excluding hydrogens is 226 g/mol. The van der Waals surface area contributed by atoms with Crippen molar-refractivity contribution in [3.05, 3.63) is 24.3 Å². The third kappa shape index (κ3) is 4.20. The van der Waals surface area contributed by atoms with Crippen LogP contribution in [0.5, 0.6) is 0 Å². The van der Waals surface area contributed by atoms with Crippen molar-refractivity contribution in [2.75, 3.05) is 13.2 Å². The number of nitrogens with zero attached hydrogens (tertiary/aromatic N) is 1. The fourth-order valence-corrected chi connectivity index (χ4v) is 2.17. The summed E-state index contributed by atoms with van der Waals surface area (Å²) in [5, 5.41) is 0. The van der Waals surface area contributed by atoms with Crippen molar-refractivity contribution < 1.29 is 4.74 Å². The van der Waals surface area contributed by atoms with Gasteiger partial charge in [-0.1, -0.05) is 12.1 Å². The van der Waals surface area contributed by atoms with Gasteiger partial charge in [-0.05, 0) is 26.0 Å². The van der Waals surface area contributed by atoms with Crippen LogP contribution in [0.4, 0.5) is 0 Å². The van der Waals surface area contributed by atoms with Crippen molar-refractivity contribution in [1.29, 1.82) is 0 Å². The summed E-state index contributed by atoms with van der Waals surface area (Å²) in [6, 6.07) is 8.03. The first-order chi connectivity index (χ1) is 7.27. The molecule has 0 saturated carbocycles. The molecule has 2 nitrogen and oxygen atoms in total. The number of hydrogen-bond donors (Lipinski definition) is 1. The summed E-state index contributed by atoms with van der Waals surface area (Å²) in [6.07, 6.45) is 0. The number of para-hydroxylation sites is 1. The molecule has 0 unspecified atom stereocenters. The van der Waals surface area contributed by atoms with Crippen LogP contribution in [-0.2, 0) is 4.74 Å². The van der Waals surface area contributed by atoms with Crippen molar-refractivity contribution in [2.45, 2.75) is 18.2 Å². The van der Waals surface area contributed by atoms with E-state index in [0.717, 1.165) is 23.1 Å². The lowest BCUT2D eigenvalue weighted by Crippen LogP contribution is -1.84. The third-order valence-corrected chi connectivity index (χ3v) is 2.90. The van der Waals surface area contributed by atoms with Gasteiger partial charge in [-0.3, -0.25) is 0 Å². The molecule has 2 aromatic rings. The van der Waals surface area contributed by atoms with Gasteiger partial charge in [0.25, 0.3) is 0 Å². The minimum absolute atomic E-state index is 0.834. The quantitative estimate of drug-likeness (QED) is 0.811. The van der Waals surface area contributed by atoms with Gasteiger partial charge in [0.1, 0.15) is 4.34 Å². The molecule has 0 bridgehead atoms. The average Bonchev–Trinajstić information content (AvgIpc) is 2.60. The Bertz CT molecular complexity index is 365. The first kappa shape index (κ1) is 12.5. The highest BCUT2D eigenvalue weighted by Gasteiger charge is 1.96. The molecule has 0 atom stereocenters. The van der Waals surface area contributed by atoms with E-state index in [1.165, 1.54) is 4.70 Å². The van der Waals surface area contributed by atoms with E-state index in [1.807, 2.05) is 38.1 Å². The molecule has 2 rings (SSSR count). The Balaban J connectivity index is 0.000000195. The van der Waals surface area contributed by atoms with Crippen LogP contribution < -0.4 is 0 Å². The second kappa shape index (κ2) is 6.82. The summed E-state index contributed by atoms with van der Waals surface area (Å²) >= 11 is 5.76. The summed E-state index contributed by atoms with van der Waals surface area (Å²) < 4.78 is 6.87. The Morgan fingerprint density at radius 2 is 1.93 bits per heavy atom. The van der Waals surface area contributed by atoms with Gasteiger partial charge in [0, 0.05) is 13.2 Å². The van der Waals surface area contributed by atoms with Crippen LogP contribution in [0.2, 0.25) is 0 Å². The topological polar surface area (TPSA) is 22.1 Å². The molecule has 82 valence electrons. The molecule has 0 aliphatic rings. The molecule has 0 saturated heterocycles. The monoisotopic (exact) mass is 241 g/mol. The summed E-state index contributed by atoms with van der Waals surface area (Å²) in [4.78, 5) is 4.20. The van der Waals surface area contributed by atoms with Crippen molar-refractivity contribution in [3.8, 4) is 0 Å². The van der Waals surface area contributed by atoms with Crippen molar-refractivity contribution in [2.24, 2.45) is 0 Å². The zero-order valence-electron chi connectivity index (χ0n) is 8.93. The Morgan fingerprint density at radius 1 is 1.27 bits per heavy atom. The number of ether oxygens (including phenoxy) is 1. The summed E-state index contributed by atoms with van der Waals surface area (Å²) in [5.41, 5.74) is 1.04. The maximum atomic E-state index is 4.83. The summed E-state index contributed by atoms with van der Waals surface area (Å²) in [6.45, 7) is 5.67. The number of thiazole rings is 1. The number of fused-ring (bicyclic) bond motifs is 1. The Labute approximate surface area is 99.7 Å². The maximum Gasteiger partial charge on any atom is 0.148 e. The van der Waals surface area contributed by atoms with Crippen molar-refractivity contribution >= 4 is 34.2 Å². The molecular formula is C11H15NOS2. The van der Waals surface area contributed by atoms with Gasteiger partial charge >= 0.3 is 0 Å². The second-order valence-corrected chi connectivity index (χ2v) is 4.50. The molecule has 0 spiro atoms. The minimum Gasteiger partial charge on any atom is -0.382 e. The second-order valence-electron chi connectivity index (χ2n) is 2.75. The first-order valence-corrected chi connectivity index (χ1v) is 6.16. The molecule has 15 heavy (non-hydrogen) atoms. The number of rotatable bonds is 2. The molecule has 1 heterocycles. The fourth-order valence-electron chi connectivity index (χ4n) is 1.06. The van der Waals surface area contributed by atoms with Crippen LogP contribution in [-0.4, -0.2) is 18.2 Å². The third-order valence-electron chi connectivity index (χ3n) is 1.69. The standard InChI is InChI=1S/C7H5NS2.C4H10O/c9-7-8-5-3-1-2-4-6(5)10-7;1-3-5-4-2/h1-4H,(H,8,9);3-4H2,1-2H3. The zero-order chi connectivity index (χ0) is 11.1. The van der Waals surface area contributed by atoms with E-state index in [2.05, 4.69) is 17.6 Å². The van der Waals surface area contributed by atoms with E-state index in [0.29, 0.717) is 0 Å². The van der Waals surface area contributed by atoms with Gasteiger partial charge in [0.2, 0.25) is 0 Å². The van der Waals surface area contributed by atoms with Crippen LogP contribution in [0.3, 0.4) is 0 Å². The largest absolute Gasteiger partial charge is 0.382 e. The van der Waals surface area contributed by atoms with Crippen molar-refractivity contribution in [1.82, 2.24) is 4.98 Å². The molecule has 0 aliphatic carbocycles. The van der Waals surface area contributed by atoms with Gasteiger partial charge in [-0.25, -0.2) is 4.98 Å². The van der Waals surface area contributed by atoms with Crippen LogP contribution in [0.1, 0.15) is 13.8 Å². The highest BCUT2D eigenvalue weighted by Crippen LogP contribution is 2.23. The number of hydrogen-bond acceptors (Lipinski definition) is 4. The van der Waals surface area contributed by atoms with Crippen LogP contribution in [0.15, 0.2) is 28.6 Å². The average molecular weight is 241 g/mol. The molecule has 0 aliphatic heterocycles. The van der Waals surface area contributed by atoms with E-state index >= 15 is 0 Å². The van der Waals surface area contributed by atoms with Crippen LogP contribution in [0.25, 0.3) is 10.2 Å². The van der Waals surface area contributed by atoms with Gasteiger partial charge in [-0.2, -0.15) is 0 Å². The highest BCUT2D eigenvalue weighted by molar-refractivity contribution is 7.82. The lowest BCUT2D eigenvalue weighted by Gasteiger charge is -1.86. The molecule has 1 aromatic carbocycles. The number of benzene rings is 1. The Hall–Kier alpha value is -0.580. The maximum absolute atomic E-state index is 4.83. The lowest BCUT2D eigenvalue weighted by molar-refractivity contribution is 0.162. The smallest absolute Gasteiger partial charge is 0.148 e. The first-order valence-electron chi connectivity index (χ1n) is 4.90. The van der Waals surface area contributed by atoms with E-state index in [9.17, 15) is 0 Å². The van der Waals surface area contributed by atoms with Crippen molar-refractivity contribution in [3.63, 3.8) is 0 Å². The SMILES string of the molecule is CCOCC.Sc1nc2ccccc2s1.